The van der Waals surface area contributed by atoms with Gasteiger partial charge in [0.05, 0.1) is 13.7 Å². The number of halogens is 1. The maximum atomic E-state index is 13.6. The summed E-state index contributed by atoms with van der Waals surface area (Å²) in [6, 6.07) is 10.8. The molecular weight excluding hydrogens is 381 g/mol. The van der Waals surface area contributed by atoms with Gasteiger partial charge >= 0.3 is 0 Å². The van der Waals surface area contributed by atoms with Gasteiger partial charge in [0.15, 0.2) is 0 Å². The maximum Gasteiger partial charge on any atom is 0.238 e. The van der Waals surface area contributed by atoms with Gasteiger partial charge in [0, 0.05) is 44.0 Å². The number of nitrogens with zero attached hydrogens (tertiary/aromatic N) is 2. The van der Waals surface area contributed by atoms with Crippen molar-refractivity contribution in [3.05, 3.63) is 58.9 Å². The van der Waals surface area contributed by atoms with Crippen molar-refractivity contribution >= 4 is 11.6 Å². The highest BCUT2D eigenvalue weighted by molar-refractivity contribution is 5.93. The zero-order valence-electron chi connectivity index (χ0n) is 18.2. The number of methoxy groups -OCH3 is 1. The minimum atomic E-state index is -0.250. The van der Waals surface area contributed by atoms with Gasteiger partial charge in [-0.15, -0.1) is 0 Å². The standard InChI is InChI=1S/C24H32FN3O2/c1-4-18-7-6-8-19(5-2)24(18)26-23(29)17-28-13-11-27(12-14-28)16-20-15-21(25)9-10-22(20)30-3/h6-10,15H,4-5,11-14,16-17H2,1-3H3,(H,26,29). The van der Waals surface area contributed by atoms with Crippen LogP contribution in [0.1, 0.15) is 30.5 Å². The van der Waals surface area contributed by atoms with Crippen molar-refractivity contribution in [3.63, 3.8) is 0 Å². The zero-order valence-corrected chi connectivity index (χ0v) is 18.2. The second kappa shape index (κ2) is 10.5. The fourth-order valence-electron chi connectivity index (χ4n) is 4.00. The molecule has 1 aliphatic rings. The van der Waals surface area contributed by atoms with Gasteiger partial charge < -0.3 is 10.1 Å². The largest absolute Gasteiger partial charge is 0.496 e. The average Bonchev–Trinajstić information content (AvgIpc) is 2.75. The van der Waals surface area contributed by atoms with Gasteiger partial charge in [-0.05, 0) is 42.2 Å². The first kappa shape index (κ1) is 22.2. The van der Waals surface area contributed by atoms with Crippen LogP contribution in [0.15, 0.2) is 36.4 Å². The molecule has 1 saturated heterocycles. The SMILES string of the molecule is CCc1cccc(CC)c1NC(=O)CN1CCN(Cc2cc(F)ccc2OC)CC1. The number of benzene rings is 2. The molecular formula is C24H32FN3O2. The Balaban J connectivity index is 1.53. The molecule has 30 heavy (non-hydrogen) atoms. The summed E-state index contributed by atoms with van der Waals surface area (Å²) < 4.78 is 19.0. The number of anilines is 1. The summed E-state index contributed by atoms with van der Waals surface area (Å²) in [6.07, 6.45) is 1.79. The topological polar surface area (TPSA) is 44.8 Å². The van der Waals surface area contributed by atoms with Gasteiger partial charge in [0.25, 0.3) is 0 Å². The Hall–Kier alpha value is -2.44. The summed E-state index contributed by atoms with van der Waals surface area (Å²) >= 11 is 0. The van der Waals surface area contributed by atoms with Crippen molar-refractivity contribution in [2.45, 2.75) is 33.2 Å². The second-order valence-electron chi connectivity index (χ2n) is 7.72. The van der Waals surface area contributed by atoms with Gasteiger partial charge in [-0.1, -0.05) is 32.0 Å². The van der Waals surface area contributed by atoms with Crippen LogP contribution in [0.5, 0.6) is 5.75 Å². The van der Waals surface area contributed by atoms with Crippen molar-refractivity contribution in [2.24, 2.45) is 0 Å². The van der Waals surface area contributed by atoms with Gasteiger partial charge in [-0.3, -0.25) is 14.6 Å². The number of amides is 1. The number of piperazine rings is 1. The molecule has 0 aromatic heterocycles. The molecule has 0 saturated carbocycles. The Morgan fingerprint density at radius 2 is 1.63 bits per heavy atom. The van der Waals surface area contributed by atoms with Gasteiger partial charge in [-0.2, -0.15) is 0 Å². The van der Waals surface area contributed by atoms with Crippen LogP contribution >= 0.6 is 0 Å². The number of ether oxygens (including phenoxy) is 1. The lowest BCUT2D eigenvalue weighted by Crippen LogP contribution is -2.48. The van der Waals surface area contributed by atoms with Crippen LogP contribution in [-0.4, -0.2) is 55.5 Å². The van der Waals surface area contributed by atoms with Crippen molar-refractivity contribution < 1.29 is 13.9 Å². The minimum Gasteiger partial charge on any atom is -0.496 e. The third-order valence-electron chi connectivity index (χ3n) is 5.73. The normalized spacial score (nSPS) is 15.2. The molecule has 0 aliphatic carbocycles. The molecule has 0 atom stereocenters. The van der Waals surface area contributed by atoms with Crippen LogP contribution in [-0.2, 0) is 24.2 Å². The summed E-state index contributed by atoms with van der Waals surface area (Å²) in [5.74, 6) is 0.491. The Labute approximate surface area is 178 Å². The monoisotopic (exact) mass is 413 g/mol. The van der Waals surface area contributed by atoms with Crippen LogP contribution in [0.3, 0.4) is 0 Å². The van der Waals surface area contributed by atoms with E-state index in [2.05, 4.69) is 47.2 Å². The summed E-state index contributed by atoms with van der Waals surface area (Å²) in [6.45, 7) is 8.52. The Morgan fingerprint density at radius 1 is 1.00 bits per heavy atom. The molecule has 1 heterocycles. The molecule has 162 valence electrons. The summed E-state index contributed by atoms with van der Waals surface area (Å²) in [7, 11) is 1.61. The highest BCUT2D eigenvalue weighted by Gasteiger charge is 2.21. The molecule has 0 radical (unpaired) electrons. The number of para-hydroxylation sites is 1. The van der Waals surface area contributed by atoms with Gasteiger partial charge in [0.2, 0.25) is 5.91 Å². The maximum absolute atomic E-state index is 13.6. The van der Waals surface area contributed by atoms with Crippen LogP contribution in [0.25, 0.3) is 0 Å². The van der Waals surface area contributed by atoms with E-state index >= 15 is 0 Å². The van der Waals surface area contributed by atoms with E-state index in [1.165, 1.54) is 23.3 Å². The van der Waals surface area contributed by atoms with Crippen LogP contribution < -0.4 is 10.1 Å². The number of carbonyl (C=O) groups excluding carboxylic acids is 1. The lowest BCUT2D eigenvalue weighted by atomic mass is 10.0. The zero-order chi connectivity index (χ0) is 21.5. The van der Waals surface area contributed by atoms with Crippen LogP contribution in [0.2, 0.25) is 0 Å². The number of hydrogen-bond donors (Lipinski definition) is 1. The van der Waals surface area contributed by atoms with Crippen molar-refractivity contribution in [3.8, 4) is 5.75 Å². The second-order valence-corrected chi connectivity index (χ2v) is 7.72. The summed E-state index contributed by atoms with van der Waals surface area (Å²) in [5.41, 5.74) is 4.18. The smallest absolute Gasteiger partial charge is 0.238 e. The highest BCUT2D eigenvalue weighted by atomic mass is 19.1. The quantitative estimate of drug-likeness (QED) is 0.717. The molecule has 1 N–H and O–H groups in total. The molecule has 3 rings (SSSR count). The van der Waals surface area contributed by atoms with E-state index in [0.29, 0.717) is 18.8 Å². The van der Waals surface area contributed by atoms with Gasteiger partial charge in [-0.25, -0.2) is 4.39 Å². The average molecular weight is 414 g/mol. The molecule has 5 nitrogen and oxygen atoms in total. The molecule has 1 aliphatic heterocycles. The number of carbonyl (C=O) groups is 1. The van der Waals surface area contributed by atoms with Crippen molar-refractivity contribution in [2.75, 3.05) is 45.2 Å². The fourth-order valence-corrected chi connectivity index (χ4v) is 4.00. The van der Waals surface area contributed by atoms with E-state index in [-0.39, 0.29) is 11.7 Å². The molecule has 6 heteroatoms. The molecule has 2 aromatic rings. The number of hydrogen-bond acceptors (Lipinski definition) is 4. The van der Waals surface area contributed by atoms with E-state index in [4.69, 9.17) is 4.74 Å². The van der Waals surface area contributed by atoms with E-state index < -0.39 is 0 Å². The molecule has 1 amide bonds. The number of nitrogens with one attached hydrogen (secondary N) is 1. The lowest BCUT2D eigenvalue weighted by molar-refractivity contribution is -0.117. The Bertz CT molecular complexity index is 841. The fraction of sp³-hybridized carbons (Fsp3) is 0.458. The molecule has 0 bridgehead atoms. The van der Waals surface area contributed by atoms with E-state index in [1.54, 1.807) is 13.2 Å². The molecule has 1 fully saturated rings. The van der Waals surface area contributed by atoms with Crippen LogP contribution in [0.4, 0.5) is 10.1 Å². The Kier molecular flexibility index (Phi) is 7.82. The molecule has 0 spiro atoms. The third kappa shape index (κ3) is 5.58. The van der Waals surface area contributed by atoms with E-state index in [9.17, 15) is 9.18 Å². The third-order valence-corrected chi connectivity index (χ3v) is 5.73. The first-order valence-corrected chi connectivity index (χ1v) is 10.7. The predicted octanol–water partition coefficient (Wildman–Crippen LogP) is 3.72. The first-order valence-electron chi connectivity index (χ1n) is 10.7. The summed E-state index contributed by atoms with van der Waals surface area (Å²) in [4.78, 5) is 17.1. The van der Waals surface area contributed by atoms with Crippen molar-refractivity contribution in [1.29, 1.82) is 0 Å². The number of aryl methyl sites for hydroxylation is 2. The van der Waals surface area contributed by atoms with Crippen LogP contribution in [0, 0.1) is 5.82 Å². The summed E-state index contributed by atoms with van der Waals surface area (Å²) in [5, 5.41) is 3.15. The van der Waals surface area contributed by atoms with Gasteiger partial charge in [0.1, 0.15) is 11.6 Å². The van der Waals surface area contributed by atoms with E-state index in [0.717, 1.165) is 50.3 Å². The predicted molar refractivity (Wildman–Crippen MR) is 118 cm³/mol. The van der Waals surface area contributed by atoms with Crippen molar-refractivity contribution in [1.82, 2.24) is 9.80 Å². The lowest BCUT2D eigenvalue weighted by Gasteiger charge is -2.34. The minimum absolute atomic E-state index is 0.0332. The van der Waals surface area contributed by atoms with E-state index in [1.807, 2.05) is 0 Å². The number of rotatable bonds is 8. The molecule has 2 aromatic carbocycles. The molecule has 0 unspecified atom stereocenters. The first-order chi connectivity index (χ1) is 14.5. The highest BCUT2D eigenvalue weighted by Crippen LogP contribution is 2.23. The Morgan fingerprint density at radius 3 is 2.23 bits per heavy atom.